The summed E-state index contributed by atoms with van der Waals surface area (Å²) in [6.45, 7) is 0. The van der Waals surface area contributed by atoms with Gasteiger partial charge in [-0.25, -0.2) is 9.78 Å². The fourth-order valence-corrected chi connectivity index (χ4v) is 3.09. The van der Waals surface area contributed by atoms with Gasteiger partial charge in [-0.3, -0.25) is 4.98 Å². The van der Waals surface area contributed by atoms with Crippen molar-refractivity contribution in [3.05, 3.63) is 69.8 Å². The summed E-state index contributed by atoms with van der Waals surface area (Å²) in [5.74, 6) is -1.09. The van der Waals surface area contributed by atoms with Crippen molar-refractivity contribution in [2.24, 2.45) is 0 Å². The van der Waals surface area contributed by atoms with Crippen LogP contribution in [0, 0.1) is 0 Å². The summed E-state index contributed by atoms with van der Waals surface area (Å²) in [6, 6.07) is 6.57. The lowest BCUT2D eigenvalue weighted by Crippen LogP contribution is -2.05. The largest absolute Gasteiger partial charge is 0.478 e. The zero-order valence-corrected chi connectivity index (χ0v) is 13.4. The molecule has 0 aliphatic carbocycles. The van der Waals surface area contributed by atoms with E-state index in [0.717, 1.165) is 12.1 Å². The lowest BCUT2D eigenvalue weighted by atomic mass is 10.1. The molecule has 0 unspecified atom stereocenters. The molecule has 2 aromatic heterocycles. The summed E-state index contributed by atoms with van der Waals surface area (Å²) in [4.78, 5) is 19.2. The number of rotatable bonds is 4. The maximum absolute atomic E-state index is 12.8. The molecular formula is C17H11F3N2O2S. The van der Waals surface area contributed by atoms with Gasteiger partial charge in [-0.1, -0.05) is 18.2 Å². The summed E-state index contributed by atoms with van der Waals surface area (Å²) in [6.07, 6.45) is -1.38. The Bertz CT molecular complexity index is 922. The van der Waals surface area contributed by atoms with E-state index in [1.54, 1.807) is 11.4 Å². The molecule has 0 radical (unpaired) electrons. The maximum Gasteiger partial charge on any atom is 0.416 e. The van der Waals surface area contributed by atoms with Crippen molar-refractivity contribution in [1.29, 1.82) is 0 Å². The number of pyridine rings is 1. The van der Waals surface area contributed by atoms with E-state index < -0.39 is 17.7 Å². The van der Waals surface area contributed by atoms with Crippen molar-refractivity contribution in [3.8, 4) is 11.3 Å². The van der Waals surface area contributed by atoms with Crippen LogP contribution in [0.1, 0.15) is 26.5 Å². The van der Waals surface area contributed by atoms with Crippen molar-refractivity contribution >= 4 is 17.3 Å². The van der Waals surface area contributed by atoms with Crippen molar-refractivity contribution in [2.45, 2.75) is 12.6 Å². The highest BCUT2D eigenvalue weighted by atomic mass is 32.1. The van der Waals surface area contributed by atoms with Gasteiger partial charge in [-0.15, -0.1) is 11.3 Å². The molecule has 4 nitrogen and oxygen atoms in total. The number of hydrogen-bond donors (Lipinski definition) is 1. The predicted molar refractivity (Wildman–Crippen MR) is 86.6 cm³/mol. The Kier molecular flexibility index (Phi) is 4.54. The Morgan fingerprint density at radius 1 is 1.20 bits per heavy atom. The first-order valence-electron chi connectivity index (χ1n) is 7.12. The molecule has 1 N–H and O–H groups in total. The van der Waals surface area contributed by atoms with Crippen LogP contribution in [0.5, 0.6) is 0 Å². The molecule has 0 fully saturated rings. The highest BCUT2D eigenvalue weighted by Gasteiger charge is 2.30. The van der Waals surface area contributed by atoms with Crippen LogP contribution < -0.4 is 0 Å². The second-order valence-corrected chi connectivity index (χ2v) is 6.21. The van der Waals surface area contributed by atoms with Gasteiger partial charge in [0.05, 0.1) is 21.8 Å². The van der Waals surface area contributed by atoms with Crippen LogP contribution in [0.4, 0.5) is 13.2 Å². The molecule has 0 saturated heterocycles. The summed E-state index contributed by atoms with van der Waals surface area (Å²) < 4.78 is 38.3. The van der Waals surface area contributed by atoms with Gasteiger partial charge in [0.15, 0.2) is 0 Å². The average molecular weight is 364 g/mol. The van der Waals surface area contributed by atoms with E-state index in [2.05, 4.69) is 9.97 Å². The molecule has 0 aliphatic rings. The highest BCUT2D eigenvalue weighted by Crippen LogP contribution is 2.30. The Balaban J connectivity index is 1.83. The number of carboxylic acids is 1. The smallest absolute Gasteiger partial charge is 0.416 e. The SMILES string of the molecule is O=C(O)c1cncc(-c2csc(Cc3cccc(C(F)(F)F)c3)n2)c1. The van der Waals surface area contributed by atoms with Crippen LogP contribution >= 0.6 is 11.3 Å². The van der Waals surface area contributed by atoms with E-state index in [0.29, 0.717) is 21.8 Å². The van der Waals surface area contributed by atoms with Gasteiger partial charge in [-0.2, -0.15) is 13.2 Å². The van der Waals surface area contributed by atoms with Crippen LogP contribution in [0.15, 0.2) is 48.1 Å². The molecular weight excluding hydrogens is 353 g/mol. The van der Waals surface area contributed by atoms with Crippen LogP contribution in [-0.4, -0.2) is 21.0 Å². The normalized spacial score (nSPS) is 11.5. The average Bonchev–Trinajstić information content (AvgIpc) is 3.03. The number of benzene rings is 1. The van der Waals surface area contributed by atoms with E-state index in [9.17, 15) is 18.0 Å². The number of aromatic carboxylic acids is 1. The zero-order chi connectivity index (χ0) is 18.0. The second-order valence-electron chi connectivity index (χ2n) is 5.27. The molecule has 2 heterocycles. The lowest BCUT2D eigenvalue weighted by molar-refractivity contribution is -0.137. The fourth-order valence-electron chi connectivity index (χ4n) is 2.25. The summed E-state index contributed by atoms with van der Waals surface area (Å²) in [5.41, 5.74) is 0.951. The standard InChI is InChI=1S/C17H11F3N2O2S/c18-17(19,20)13-3-1-2-10(4-13)5-15-22-14(9-25-15)11-6-12(16(23)24)8-21-7-11/h1-4,6-9H,5H2,(H,23,24). The van der Waals surface area contributed by atoms with E-state index in [1.807, 2.05) is 0 Å². The van der Waals surface area contributed by atoms with Gasteiger partial charge >= 0.3 is 12.1 Å². The van der Waals surface area contributed by atoms with Crippen LogP contribution in [-0.2, 0) is 12.6 Å². The monoisotopic (exact) mass is 364 g/mol. The summed E-state index contributed by atoms with van der Waals surface area (Å²) in [5, 5.41) is 11.4. The van der Waals surface area contributed by atoms with Gasteiger partial charge < -0.3 is 5.11 Å². The van der Waals surface area contributed by atoms with Crippen LogP contribution in [0.3, 0.4) is 0 Å². The zero-order valence-electron chi connectivity index (χ0n) is 12.6. The number of halogens is 3. The lowest BCUT2D eigenvalue weighted by Gasteiger charge is -2.07. The topological polar surface area (TPSA) is 63.1 Å². The molecule has 0 spiro atoms. The number of alkyl halides is 3. The second kappa shape index (κ2) is 6.64. The molecule has 0 bridgehead atoms. The minimum Gasteiger partial charge on any atom is -0.478 e. The first-order chi connectivity index (χ1) is 11.8. The summed E-state index contributed by atoms with van der Waals surface area (Å²) >= 11 is 1.30. The molecule has 3 rings (SSSR count). The molecule has 8 heteroatoms. The van der Waals surface area contributed by atoms with Crippen molar-refractivity contribution in [3.63, 3.8) is 0 Å². The Hall–Kier alpha value is -2.74. The third kappa shape index (κ3) is 4.03. The molecule has 128 valence electrons. The molecule has 1 aromatic carbocycles. The minimum atomic E-state index is -4.38. The molecule has 0 saturated carbocycles. The van der Waals surface area contributed by atoms with Gasteiger partial charge in [0.1, 0.15) is 0 Å². The summed E-state index contributed by atoms with van der Waals surface area (Å²) in [7, 11) is 0. The van der Waals surface area contributed by atoms with Gasteiger partial charge in [-0.05, 0) is 17.7 Å². The molecule has 25 heavy (non-hydrogen) atoms. The third-order valence-electron chi connectivity index (χ3n) is 3.44. The quantitative estimate of drug-likeness (QED) is 0.740. The van der Waals surface area contributed by atoms with Crippen LogP contribution in [0.25, 0.3) is 11.3 Å². The number of nitrogens with zero attached hydrogens (tertiary/aromatic N) is 2. The van der Waals surface area contributed by atoms with Crippen molar-refractivity contribution < 1.29 is 23.1 Å². The number of aromatic nitrogens is 2. The minimum absolute atomic E-state index is 0.0462. The molecule has 0 atom stereocenters. The molecule has 0 amide bonds. The first kappa shape index (κ1) is 17.1. The van der Waals surface area contributed by atoms with Crippen molar-refractivity contribution in [2.75, 3.05) is 0 Å². The Labute approximate surface area is 144 Å². The van der Waals surface area contributed by atoms with Gasteiger partial charge in [0.2, 0.25) is 0 Å². The molecule has 3 aromatic rings. The fraction of sp³-hybridized carbons (Fsp3) is 0.118. The predicted octanol–water partition coefficient (Wildman–Crippen LogP) is 4.51. The van der Waals surface area contributed by atoms with E-state index in [4.69, 9.17) is 5.11 Å². The maximum atomic E-state index is 12.8. The Morgan fingerprint density at radius 3 is 2.72 bits per heavy atom. The first-order valence-corrected chi connectivity index (χ1v) is 8.00. The van der Waals surface area contributed by atoms with Gasteiger partial charge in [0.25, 0.3) is 0 Å². The number of carboxylic acid groups (broad SMARTS) is 1. The Morgan fingerprint density at radius 2 is 2.00 bits per heavy atom. The van der Waals surface area contributed by atoms with Crippen LogP contribution in [0.2, 0.25) is 0 Å². The number of carbonyl (C=O) groups is 1. The third-order valence-corrected chi connectivity index (χ3v) is 4.29. The number of thiazole rings is 1. The van der Waals surface area contributed by atoms with Gasteiger partial charge in [0, 0.05) is 29.8 Å². The highest BCUT2D eigenvalue weighted by molar-refractivity contribution is 7.10. The number of hydrogen-bond acceptors (Lipinski definition) is 4. The van der Waals surface area contributed by atoms with E-state index in [1.165, 1.54) is 35.9 Å². The van der Waals surface area contributed by atoms with Crippen molar-refractivity contribution in [1.82, 2.24) is 9.97 Å². The van der Waals surface area contributed by atoms with E-state index >= 15 is 0 Å². The van der Waals surface area contributed by atoms with E-state index in [-0.39, 0.29) is 12.0 Å². The molecule has 0 aliphatic heterocycles.